The van der Waals surface area contributed by atoms with Crippen LogP contribution in [0.4, 0.5) is 14.5 Å². The van der Waals surface area contributed by atoms with Crippen LogP contribution in [-0.2, 0) is 9.47 Å². The molecule has 0 spiro atoms. The van der Waals surface area contributed by atoms with E-state index in [4.69, 9.17) is 9.47 Å². The number of hydrogen-bond acceptors (Lipinski definition) is 4. The molecule has 6 nitrogen and oxygen atoms in total. The van der Waals surface area contributed by atoms with E-state index >= 15 is 0 Å². The number of methoxy groups -OCH3 is 1. The van der Waals surface area contributed by atoms with Gasteiger partial charge in [0.15, 0.2) is 5.96 Å². The first-order valence-corrected chi connectivity index (χ1v) is 9.46. The summed E-state index contributed by atoms with van der Waals surface area (Å²) < 4.78 is 38.3. The Balaban J connectivity index is 1.81. The summed E-state index contributed by atoms with van der Waals surface area (Å²) in [6.07, 6.45) is 1.61. The zero-order valence-electron chi connectivity index (χ0n) is 16.1. The molecule has 1 saturated heterocycles. The zero-order valence-corrected chi connectivity index (χ0v) is 16.1. The lowest BCUT2D eigenvalue weighted by Gasteiger charge is -2.21. The standard InChI is InChI=1S/C19H30F2N4O2/c1-3-22-19(23-9-5-11-27-13-12-26-2)24-15-8-10-25(14-15)18-16(20)6-4-7-17(18)21/h4,6-7,15H,3,5,8-14H2,1-2H3,(H2,22,23,24). The number of hydrogen-bond donors (Lipinski definition) is 2. The van der Waals surface area contributed by atoms with Gasteiger partial charge in [-0.15, -0.1) is 0 Å². The third kappa shape index (κ3) is 6.95. The lowest BCUT2D eigenvalue weighted by Crippen LogP contribution is -2.44. The van der Waals surface area contributed by atoms with Crippen LogP contribution in [0.1, 0.15) is 19.8 Å². The Kier molecular flexibility index (Phi) is 9.27. The molecular weight excluding hydrogens is 354 g/mol. The van der Waals surface area contributed by atoms with Crippen LogP contribution in [0.3, 0.4) is 0 Å². The number of halogens is 2. The molecule has 1 atom stereocenters. The van der Waals surface area contributed by atoms with E-state index in [1.54, 1.807) is 12.0 Å². The van der Waals surface area contributed by atoms with Crippen molar-refractivity contribution in [3.8, 4) is 0 Å². The highest BCUT2D eigenvalue weighted by atomic mass is 19.1. The number of aliphatic imine (C=N–C) groups is 1. The minimum absolute atomic E-state index is 0.0527. The van der Waals surface area contributed by atoms with Crippen molar-refractivity contribution in [2.45, 2.75) is 25.8 Å². The highest BCUT2D eigenvalue weighted by Crippen LogP contribution is 2.26. The summed E-state index contributed by atoms with van der Waals surface area (Å²) >= 11 is 0. The zero-order chi connectivity index (χ0) is 19.5. The number of para-hydroxylation sites is 1. The predicted molar refractivity (Wildman–Crippen MR) is 103 cm³/mol. The van der Waals surface area contributed by atoms with E-state index in [0.29, 0.717) is 39.5 Å². The van der Waals surface area contributed by atoms with E-state index in [2.05, 4.69) is 15.6 Å². The summed E-state index contributed by atoms with van der Waals surface area (Å²) in [7, 11) is 1.65. The van der Waals surface area contributed by atoms with E-state index in [1.165, 1.54) is 18.2 Å². The largest absolute Gasteiger partial charge is 0.382 e. The minimum Gasteiger partial charge on any atom is -0.382 e. The second-order valence-corrected chi connectivity index (χ2v) is 6.37. The molecule has 2 N–H and O–H groups in total. The Morgan fingerprint density at radius 1 is 1.26 bits per heavy atom. The summed E-state index contributed by atoms with van der Waals surface area (Å²) in [5, 5.41) is 6.57. The van der Waals surface area contributed by atoms with Crippen LogP contribution >= 0.6 is 0 Å². The molecule has 2 rings (SSSR count). The van der Waals surface area contributed by atoms with Gasteiger partial charge in [0.2, 0.25) is 0 Å². The molecule has 8 heteroatoms. The number of guanidine groups is 1. The number of nitrogens with one attached hydrogen (secondary N) is 2. The second-order valence-electron chi connectivity index (χ2n) is 6.37. The fourth-order valence-electron chi connectivity index (χ4n) is 2.99. The smallest absolute Gasteiger partial charge is 0.191 e. The summed E-state index contributed by atoms with van der Waals surface area (Å²) in [5.74, 6) is -0.329. The summed E-state index contributed by atoms with van der Waals surface area (Å²) in [6.45, 7) is 6.33. The van der Waals surface area contributed by atoms with Crippen molar-refractivity contribution in [3.05, 3.63) is 29.8 Å². The van der Waals surface area contributed by atoms with Crippen LogP contribution in [0.5, 0.6) is 0 Å². The van der Waals surface area contributed by atoms with Crippen LogP contribution in [0.25, 0.3) is 0 Å². The number of rotatable bonds is 10. The Bertz CT molecular complexity index is 581. The Morgan fingerprint density at radius 3 is 2.74 bits per heavy atom. The Hall–Kier alpha value is -1.93. The van der Waals surface area contributed by atoms with E-state index in [0.717, 1.165) is 25.3 Å². The number of ether oxygens (including phenoxy) is 2. The topological polar surface area (TPSA) is 58.1 Å². The van der Waals surface area contributed by atoms with Crippen LogP contribution in [-0.4, -0.2) is 65.1 Å². The Labute approximate surface area is 159 Å². The highest BCUT2D eigenvalue weighted by molar-refractivity contribution is 5.80. The van der Waals surface area contributed by atoms with Crippen LogP contribution in [0.2, 0.25) is 0 Å². The molecule has 1 aliphatic heterocycles. The van der Waals surface area contributed by atoms with Gasteiger partial charge in [0.05, 0.1) is 13.2 Å². The maximum absolute atomic E-state index is 14.0. The molecule has 1 fully saturated rings. The maximum atomic E-state index is 14.0. The molecular formula is C19H30F2N4O2. The van der Waals surface area contributed by atoms with Crippen molar-refractivity contribution in [1.82, 2.24) is 10.6 Å². The molecule has 0 amide bonds. The monoisotopic (exact) mass is 384 g/mol. The van der Waals surface area contributed by atoms with Crippen molar-refractivity contribution < 1.29 is 18.3 Å². The molecule has 1 heterocycles. The van der Waals surface area contributed by atoms with Crippen molar-refractivity contribution in [1.29, 1.82) is 0 Å². The fraction of sp³-hybridized carbons (Fsp3) is 0.632. The average Bonchev–Trinajstić information content (AvgIpc) is 3.09. The molecule has 1 aromatic carbocycles. The van der Waals surface area contributed by atoms with Crippen LogP contribution in [0, 0.1) is 11.6 Å². The van der Waals surface area contributed by atoms with Gasteiger partial charge in [0, 0.05) is 45.9 Å². The van der Waals surface area contributed by atoms with E-state index < -0.39 is 11.6 Å². The van der Waals surface area contributed by atoms with Gasteiger partial charge < -0.3 is 25.0 Å². The summed E-state index contributed by atoms with van der Waals surface area (Å²) in [5.41, 5.74) is 0.0527. The SMILES string of the molecule is CCNC(=NCCCOCCOC)NC1CCN(c2c(F)cccc2F)C1. The van der Waals surface area contributed by atoms with E-state index in [-0.39, 0.29) is 11.7 Å². The molecule has 152 valence electrons. The average molecular weight is 384 g/mol. The second kappa shape index (κ2) is 11.7. The van der Waals surface area contributed by atoms with Crippen LogP contribution in [0.15, 0.2) is 23.2 Å². The molecule has 0 aliphatic carbocycles. The van der Waals surface area contributed by atoms with Crippen molar-refractivity contribution in [3.63, 3.8) is 0 Å². The highest BCUT2D eigenvalue weighted by Gasteiger charge is 2.27. The third-order valence-electron chi connectivity index (χ3n) is 4.28. The Morgan fingerprint density at radius 2 is 2.04 bits per heavy atom. The molecule has 0 aromatic heterocycles. The van der Waals surface area contributed by atoms with Gasteiger partial charge >= 0.3 is 0 Å². The van der Waals surface area contributed by atoms with Gasteiger partial charge in [0.25, 0.3) is 0 Å². The number of nitrogens with zero attached hydrogens (tertiary/aromatic N) is 2. The molecule has 1 aromatic rings. The lowest BCUT2D eigenvalue weighted by molar-refractivity contribution is 0.0702. The normalized spacial score (nSPS) is 17.4. The summed E-state index contributed by atoms with van der Waals surface area (Å²) in [4.78, 5) is 6.29. The van der Waals surface area contributed by atoms with Gasteiger partial charge in [-0.25, -0.2) is 8.78 Å². The maximum Gasteiger partial charge on any atom is 0.191 e. The molecule has 1 unspecified atom stereocenters. The molecule has 0 saturated carbocycles. The summed E-state index contributed by atoms with van der Waals surface area (Å²) in [6, 6.07) is 4.05. The lowest BCUT2D eigenvalue weighted by atomic mass is 10.2. The molecule has 1 aliphatic rings. The first-order chi connectivity index (χ1) is 13.2. The molecule has 27 heavy (non-hydrogen) atoms. The van der Waals surface area contributed by atoms with Crippen molar-refractivity contribution >= 4 is 11.6 Å². The van der Waals surface area contributed by atoms with Crippen molar-refractivity contribution in [2.24, 2.45) is 4.99 Å². The fourth-order valence-corrected chi connectivity index (χ4v) is 2.99. The minimum atomic E-state index is -0.523. The van der Waals surface area contributed by atoms with Gasteiger partial charge in [-0.1, -0.05) is 6.07 Å². The van der Waals surface area contributed by atoms with Gasteiger partial charge in [0.1, 0.15) is 17.3 Å². The first-order valence-electron chi connectivity index (χ1n) is 9.46. The van der Waals surface area contributed by atoms with Gasteiger partial charge in [-0.2, -0.15) is 0 Å². The third-order valence-corrected chi connectivity index (χ3v) is 4.28. The molecule has 0 bridgehead atoms. The van der Waals surface area contributed by atoms with E-state index in [9.17, 15) is 8.78 Å². The first kappa shape index (κ1) is 21.4. The van der Waals surface area contributed by atoms with Gasteiger partial charge in [-0.05, 0) is 31.9 Å². The van der Waals surface area contributed by atoms with Crippen molar-refractivity contribution in [2.75, 3.05) is 58.0 Å². The predicted octanol–water partition coefficient (Wildman–Crippen LogP) is 2.15. The van der Waals surface area contributed by atoms with Crippen LogP contribution < -0.4 is 15.5 Å². The number of anilines is 1. The number of benzene rings is 1. The quantitative estimate of drug-likeness (QED) is 0.368. The van der Waals surface area contributed by atoms with E-state index in [1.807, 2.05) is 6.92 Å². The van der Waals surface area contributed by atoms with Gasteiger partial charge in [-0.3, -0.25) is 4.99 Å². The molecule has 0 radical (unpaired) electrons.